The van der Waals surface area contributed by atoms with Crippen molar-refractivity contribution in [3.8, 4) is 50.2 Å². The summed E-state index contributed by atoms with van der Waals surface area (Å²) in [5.41, 5.74) is 22.0. The Hall–Kier alpha value is -6.44. The Morgan fingerprint density at radius 3 is 1.64 bits per heavy atom. The molecule has 1 heteroatoms. The van der Waals surface area contributed by atoms with Crippen LogP contribution in [0, 0.1) is 0 Å². The van der Waals surface area contributed by atoms with Crippen molar-refractivity contribution in [1.82, 2.24) is 4.57 Å². The molecule has 0 bridgehead atoms. The first-order valence-corrected chi connectivity index (χ1v) is 18.8. The van der Waals surface area contributed by atoms with Crippen LogP contribution in [0.4, 0.5) is 0 Å². The number of rotatable bonds is 2. The molecule has 0 aliphatic heterocycles. The summed E-state index contributed by atoms with van der Waals surface area (Å²) < 4.78 is 2.58. The van der Waals surface area contributed by atoms with E-state index in [4.69, 9.17) is 0 Å². The minimum atomic E-state index is -0.397. The van der Waals surface area contributed by atoms with Crippen molar-refractivity contribution in [1.29, 1.82) is 0 Å². The normalized spacial score (nSPS) is 14.9. The Kier molecular flexibility index (Phi) is 5.57. The van der Waals surface area contributed by atoms with Gasteiger partial charge in [0, 0.05) is 27.4 Å². The fourth-order valence-electron chi connectivity index (χ4n) is 10.6. The van der Waals surface area contributed by atoms with Crippen molar-refractivity contribution in [2.24, 2.45) is 0 Å². The van der Waals surface area contributed by atoms with Gasteiger partial charge in [0.2, 0.25) is 0 Å². The number of fused-ring (bicyclic) bond motifs is 17. The quantitative estimate of drug-likeness (QED) is 0.172. The zero-order chi connectivity index (χ0) is 35.1. The lowest BCUT2D eigenvalue weighted by Crippen LogP contribution is -2.25. The van der Waals surface area contributed by atoms with Crippen molar-refractivity contribution >= 4 is 21.8 Å². The van der Waals surface area contributed by atoms with Gasteiger partial charge in [-0.15, -0.1) is 0 Å². The largest absolute Gasteiger partial charge is 0.309 e. The summed E-state index contributed by atoms with van der Waals surface area (Å²) in [4.78, 5) is 0. The van der Waals surface area contributed by atoms with E-state index in [1.165, 1.54) is 105 Å². The monoisotopic (exact) mass is 673 g/mol. The summed E-state index contributed by atoms with van der Waals surface area (Å²) >= 11 is 0. The molecule has 53 heavy (non-hydrogen) atoms. The van der Waals surface area contributed by atoms with Crippen LogP contribution in [-0.4, -0.2) is 4.57 Å². The second-order valence-corrected chi connectivity index (χ2v) is 15.6. The lowest BCUT2D eigenvalue weighted by atomic mass is 9.70. The maximum absolute atomic E-state index is 2.58. The van der Waals surface area contributed by atoms with E-state index < -0.39 is 5.41 Å². The Morgan fingerprint density at radius 1 is 0.377 bits per heavy atom. The highest BCUT2D eigenvalue weighted by Gasteiger charge is 2.52. The molecule has 1 heterocycles. The number of benzene rings is 8. The Bertz CT molecular complexity index is 2980. The number of hydrogen-bond acceptors (Lipinski definition) is 0. The molecular weight excluding hydrogens is 639 g/mol. The Labute approximate surface area is 309 Å². The second kappa shape index (κ2) is 10.1. The van der Waals surface area contributed by atoms with Crippen LogP contribution >= 0.6 is 0 Å². The van der Waals surface area contributed by atoms with Crippen LogP contribution < -0.4 is 0 Å². The number of aromatic nitrogens is 1. The third-order valence-corrected chi connectivity index (χ3v) is 12.8. The van der Waals surface area contributed by atoms with E-state index in [2.05, 4.69) is 194 Å². The average Bonchev–Trinajstić information content (AvgIpc) is 3.88. The molecule has 1 spiro atoms. The van der Waals surface area contributed by atoms with Gasteiger partial charge in [-0.25, -0.2) is 0 Å². The fraction of sp³-hybridized carbons (Fsp3) is 0.0769. The van der Waals surface area contributed by atoms with Crippen LogP contribution in [0.5, 0.6) is 0 Å². The summed E-state index contributed by atoms with van der Waals surface area (Å²) in [6.45, 7) is 4.76. The van der Waals surface area contributed by atoms with Crippen LogP contribution in [0.2, 0.25) is 0 Å². The molecule has 3 aliphatic rings. The first-order valence-electron chi connectivity index (χ1n) is 18.8. The first kappa shape index (κ1) is 29.2. The molecule has 3 aliphatic carbocycles. The van der Waals surface area contributed by atoms with Gasteiger partial charge in [-0.3, -0.25) is 0 Å². The maximum Gasteiger partial charge on any atom is 0.0726 e. The lowest BCUT2D eigenvalue weighted by Gasteiger charge is -2.30. The number of nitrogens with zero attached hydrogens (tertiary/aromatic N) is 1. The zero-order valence-corrected chi connectivity index (χ0v) is 29.7. The minimum absolute atomic E-state index is 0.100. The highest BCUT2D eigenvalue weighted by Crippen LogP contribution is 2.64. The van der Waals surface area contributed by atoms with Crippen LogP contribution in [0.15, 0.2) is 176 Å². The van der Waals surface area contributed by atoms with Gasteiger partial charge in [-0.2, -0.15) is 0 Å². The molecule has 9 aromatic rings. The molecule has 0 amide bonds. The molecule has 12 rings (SSSR count). The average molecular weight is 674 g/mol. The molecule has 0 fully saturated rings. The van der Waals surface area contributed by atoms with Gasteiger partial charge in [-0.05, 0) is 96.6 Å². The zero-order valence-electron chi connectivity index (χ0n) is 29.7. The summed E-state index contributed by atoms with van der Waals surface area (Å²) in [6.07, 6.45) is 0. The SMILES string of the molecule is CC1(C)c2ccccc2-c2ccc(-n3c4ccc(-c5ccccc5)cc4c4ccc5c(c43)-c3ccccc3C53c4ccccc4-c4ccccc43)cc21. The van der Waals surface area contributed by atoms with Gasteiger partial charge >= 0.3 is 0 Å². The van der Waals surface area contributed by atoms with Crippen molar-refractivity contribution in [3.63, 3.8) is 0 Å². The van der Waals surface area contributed by atoms with E-state index in [1.807, 2.05) is 0 Å². The molecule has 0 unspecified atom stereocenters. The van der Waals surface area contributed by atoms with Crippen molar-refractivity contribution in [2.75, 3.05) is 0 Å². The van der Waals surface area contributed by atoms with E-state index in [1.54, 1.807) is 0 Å². The highest BCUT2D eigenvalue weighted by molar-refractivity contribution is 6.17. The molecule has 0 saturated heterocycles. The molecule has 1 nitrogen and oxygen atoms in total. The van der Waals surface area contributed by atoms with Gasteiger partial charge in [-0.1, -0.05) is 166 Å². The minimum Gasteiger partial charge on any atom is -0.309 e. The van der Waals surface area contributed by atoms with E-state index >= 15 is 0 Å². The van der Waals surface area contributed by atoms with E-state index in [-0.39, 0.29) is 5.41 Å². The van der Waals surface area contributed by atoms with Crippen LogP contribution in [0.25, 0.3) is 72.0 Å². The van der Waals surface area contributed by atoms with Crippen molar-refractivity contribution in [3.05, 3.63) is 209 Å². The van der Waals surface area contributed by atoms with Gasteiger partial charge in [0.15, 0.2) is 0 Å². The third kappa shape index (κ3) is 3.53. The molecule has 0 radical (unpaired) electrons. The Balaban J connectivity index is 1.23. The molecule has 8 aromatic carbocycles. The highest BCUT2D eigenvalue weighted by atomic mass is 15.0. The van der Waals surface area contributed by atoms with Gasteiger partial charge in [0.05, 0.1) is 16.4 Å². The topological polar surface area (TPSA) is 4.93 Å². The van der Waals surface area contributed by atoms with Crippen molar-refractivity contribution < 1.29 is 0 Å². The smallest absolute Gasteiger partial charge is 0.0726 e. The van der Waals surface area contributed by atoms with Crippen LogP contribution in [-0.2, 0) is 10.8 Å². The molecule has 0 atom stereocenters. The van der Waals surface area contributed by atoms with Gasteiger partial charge < -0.3 is 4.57 Å². The summed E-state index contributed by atoms with van der Waals surface area (Å²) in [7, 11) is 0. The van der Waals surface area contributed by atoms with Crippen LogP contribution in [0.3, 0.4) is 0 Å². The van der Waals surface area contributed by atoms with E-state index in [0.717, 1.165) is 0 Å². The van der Waals surface area contributed by atoms with Gasteiger partial charge in [0.1, 0.15) is 0 Å². The number of hydrogen-bond donors (Lipinski definition) is 0. The van der Waals surface area contributed by atoms with E-state index in [9.17, 15) is 0 Å². The maximum atomic E-state index is 2.58. The molecule has 0 N–H and O–H groups in total. The molecule has 248 valence electrons. The van der Waals surface area contributed by atoms with Crippen LogP contribution in [0.1, 0.15) is 47.2 Å². The van der Waals surface area contributed by atoms with Crippen molar-refractivity contribution in [2.45, 2.75) is 24.7 Å². The molecular formula is C52H35N. The van der Waals surface area contributed by atoms with Gasteiger partial charge in [0.25, 0.3) is 0 Å². The first-order chi connectivity index (χ1) is 26.1. The molecule has 0 saturated carbocycles. The summed E-state index contributed by atoms with van der Waals surface area (Å²) in [5, 5.41) is 2.56. The predicted octanol–water partition coefficient (Wildman–Crippen LogP) is 13.1. The summed E-state index contributed by atoms with van der Waals surface area (Å²) in [6, 6.07) is 66.3. The van der Waals surface area contributed by atoms with E-state index in [0.29, 0.717) is 0 Å². The summed E-state index contributed by atoms with van der Waals surface area (Å²) in [5.74, 6) is 0. The molecule has 1 aromatic heterocycles. The Morgan fingerprint density at radius 2 is 0.943 bits per heavy atom. The third-order valence-electron chi connectivity index (χ3n) is 12.8. The standard InChI is InChI=1S/C52H35N/c1-51(2)42-20-10-6-16-35(42)38-26-25-34(31-47(38)51)53-48-29-24-33(32-14-4-3-5-15-32)30-41(48)39-27-28-46-49(50(39)53)40-19-9-13-23-45(40)52(46)43-21-11-7-17-36(43)37-18-8-12-22-44(37)52/h3-31H,1-2H3. The predicted molar refractivity (Wildman–Crippen MR) is 220 cm³/mol. The fourth-order valence-corrected chi connectivity index (χ4v) is 10.6. The second-order valence-electron chi connectivity index (χ2n) is 15.6. The lowest BCUT2D eigenvalue weighted by molar-refractivity contribution is 0.660.